The Balaban J connectivity index is 1.89. The lowest BCUT2D eigenvalue weighted by Crippen LogP contribution is -2.58. The fourth-order valence-electron chi connectivity index (χ4n) is 3.50. The van der Waals surface area contributed by atoms with Crippen molar-refractivity contribution in [3.63, 3.8) is 0 Å². The second-order valence-corrected chi connectivity index (χ2v) is 8.12. The molecule has 0 aromatic heterocycles. The molecule has 1 saturated heterocycles. The van der Waals surface area contributed by atoms with E-state index in [1.165, 1.54) is 0 Å². The lowest BCUT2D eigenvalue weighted by atomic mass is 9.63. The molecule has 23 heavy (non-hydrogen) atoms. The molecule has 0 atom stereocenters. The molecule has 7 heteroatoms. The van der Waals surface area contributed by atoms with Crippen LogP contribution in [0, 0.1) is 5.41 Å². The molecule has 2 fully saturated rings. The number of halogens is 3. The highest BCUT2D eigenvalue weighted by Gasteiger charge is 2.55. The van der Waals surface area contributed by atoms with Crippen LogP contribution in [0.5, 0.6) is 0 Å². The fraction of sp³-hybridized carbons (Fsp3) is 0.938. The fourth-order valence-corrected chi connectivity index (χ4v) is 3.50. The van der Waals surface area contributed by atoms with E-state index < -0.39 is 17.3 Å². The molecule has 0 aromatic carbocycles. The number of hydrogen-bond donors (Lipinski definition) is 1. The number of carbonyl (C=O) groups excluding carboxylic acids is 1. The summed E-state index contributed by atoms with van der Waals surface area (Å²) in [4.78, 5) is 13.7. The number of ether oxygens (including phenoxy) is 1. The monoisotopic (exact) mass is 336 g/mol. The van der Waals surface area contributed by atoms with E-state index in [1.54, 1.807) is 4.90 Å². The maximum Gasteiger partial charge on any atom is 0.410 e. The zero-order valence-electron chi connectivity index (χ0n) is 14.1. The van der Waals surface area contributed by atoms with Crippen molar-refractivity contribution in [2.24, 2.45) is 11.1 Å². The summed E-state index contributed by atoms with van der Waals surface area (Å²) in [5.74, 6) is 0. The lowest BCUT2D eigenvalue weighted by molar-refractivity contribution is -0.201. The average molecular weight is 336 g/mol. The van der Waals surface area contributed by atoms with Crippen molar-refractivity contribution >= 4 is 6.09 Å². The molecule has 1 spiro atoms. The number of nitrogens with two attached hydrogens (primary N) is 1. The number of alkyl halides is 3. The molecular weight excluding hydrogens is 309 g/mol. The molecule has 134 valence electrons. The van der Waals surface area contributed by atoms with Crippen molar-refractivity contribution in [3.8, 4) is 0 Å². The first-order chi connectivity index (χ1) is 10.4. The van der Waals surface area contributed by atoms with Crippen molar-refractivity contribution in [3.05, 3.63) is 0 Å². The van der Waals surface area contributed by atoms with Crippen molar-refractivity contribution < 1.29 is 22.7 Å². The van der Waals surface area contributed by atoms with Crippen LogP contribution in [0.1, 0.15) is 59.3 Å². The van der Waals surface area contributed by atoms with Crippen molar-refractivity contribution in [1.29, 1.82) is 0 Å². The van der Waals surface area contributed by atoms with E-state index in [0.29, 0.717) is 25.9 Å². The number of nitrogens with zero attached hydrogens (tertiary/aromatic N) is 1. The second-order valence-electron chi connectivity index (χ2n) is 8.12. The molecule has 2 N–H and O–H groups in total. The molecular formula is C16H27F3N2O2. The molecule has 1 saturated carbocycles. The third-order valence-corrected chi connectivity index (χ3v) is 5.24. The van der Waals surface area contributed by atoms with Crippen LogP contribution in [0.25, 0.3) is 0 Å². The van der Waals surface area contributed by atoms with Gasteiger partial charge in [-0.05, 0) is 64.7 Å². The highest BCUT2D eigenvalue weighted by molar-refractivity contribution is 5.68. The van der Waals surface area contributed by atoms with Gasteiger partial charge in [0.1, 0.15) is 11.1 Å². The average Bonchev–Trinajstić information content (AvgIpc) is 2.40. The molecule has 2 rings (SSSR count). The number of carbonyl (C=O) groups is 1. The minimum atomic E-state index is -4.34. The maximum absolute atomic E-state index is 13.0. The Labute approximate surface area is 135 Å². The Morgan fingerprint density at radius 3 is 1.87 bits per heavy atom. The Kier molecular flexibility index (Phi) is 4.65. The van der Waals surface area contributed by atoms with E-state index in [1.807, 2.05) is 20.8 Å². The zero-order chi connectivity index (χ0) is 17.5. The van der Waals surface area contributed by atoms with E-state index in [0.717, 1.165) is 12.8 Å². The van der Waals surface area contributed by atoms with Crippen LogP contribution in [0.2, 0.25) is 0 Å². The van der Waals surface area contributed by atoms with Gasteiger partial charge in [-0.25, -0.2) is 4.79 Å². The van der Waals surface area contributed by atoms with E-state index in [2.05, 4.69) is 0 Å². The Morgan fingerprint density at radius 1 is 1.00 bits per heavy atom. The van der Waals surface area contributed by atoms with E-state index in [-0.39, 0.29) is 24.3 Å². The van der Waals surface area contributed by atoms with Crippen LogP contribution in [0.3, 0.4) is 0 Å². The third kappa shape index (κ3) is 4.11. The second kappa shape index (κ2) is 5.83. The number of rotatable bonds is 0. The SMILES string of the molecule is CC(C)(C)OC(=O)N1CCC2(CC1)CCC(N)(C(F)(F)F)CC2. The first-order valence-electron chi connectivity index (χ1n) is 8.20. The standard InChI is InChI=1S/C16H27F3N2O2/c1-13(2,3)23-12(22)21-10-8-14(9-11-21)4-6-15(20,7-5-14)16(17,18)19/h4-11,20H2,1-3H3. The highest BCUT2D eigenvalue weighted by atomic mass is 19.4. The molecule has 1 aliphatic carbocycles. The van der Waals surface area contributed by atoms with Gasteiger partial charge in [0.05, 0.1) is 0 Å². The summed E-state index contributed by atoms with van der Waals surface area (Å²) < 4.78 is 44.4. The third-order valence-electron chi connectivity index (χ3n) is 5.24. The molecule has 1 aliphatic heterocycles. The van der Waals surface area contributed by atoms with Crippen molar-refractivity contribution in [2.45, 2.75) is 76.6 Å². The first kappa shape index (κ1) is 18.4. The Morgan fingerprint density at radius 2 is 1.48 bits per heavy atom. The summed E-state index contributed by atoms with van der Waals surface area (Å²) in [5, 5.41) is 0. The van der Waals surface area contributed by atoms with Gasteiger partial charge in [0.2, 0.25) is 0 Å². The van der Waals surface area contributed by atoms with E-state index in [9.17, 15) is 18.0 Å². The van der Waals surface area contributed by atoms with Gasteiger partial charge >= 0.3 is 12.3 Å². The largest absolute Gasteiger partial charge is 0.444 e. The Bertz CT molecular complexity index is 439. The zero-order valence-corrected chi connectivity index (χ0v) is 14.1. The topological polar surface area (TPSA) is 55.6 Å². The van der Waals surface area contributed by atoms with Gasteiger partial charge in [-0.3, -0.25) is 0 Å². The van der Waals surface area contributed by atoms with Gasteiger partial charge in [-0.15, -0.1) is 0 Å². The van der Waals surface area contributed by atoms with Crippen LogP contribution in [0.4, 0.5) is 18.0 Å². The van der Waals surface area contributed by atoms with Gasteiger partial charge < -0.3 is 15.4 Å². The van der Waals surface area contributed by atoms with E-state index >= 15 is 0 Å². The molecule has 0 aromatic rings. The Hall–Kier alpha value is -0.980. The molecule has 2 aliphatic rings. The molecule has 0 unspecified atom stereocenters. The molecule has 1 amide bonds. The number of likely N-dealkylation sites (tertiary alicyclic amines) is 1. The van der Waals surface area contributed by atoms with Gasteiger partial charge in [-0.1, -0.05) is 0 Å². The maximum atomic E-state index is 13.0. The van der Waals surface area contributed by atoms with Crippen LogP contribution in [-0.4, -0.2) is 41.4 Å². The first-order valence-corrected chi connectivity index (χ1v) is 8.20. The molecule has 0 bridgehead atoms. The summed E-state index contributed by atoms with van der Waals surface area (Å²) in [5.41, 5.74) is 2.88. The molecule has 0 radical (unpaired) electrons. The number of amides is 1. The molecule has 4 nitrogen and oxygen atoms in total. The molecule has 1 heterocycles. The number of piperidine rings is 1. The van der Waals surface area contributed by atoms with E-state index in [4.69, 9.17) is 10.5 Å². The summed E-state index contributed by atoms with van der Waals surface area (Å²) in [6.07, 6.45) is -2.33. The van der Waals surface area contributed by atoms with Gasteiger partial charge in [0, 0.05) is 13.1 Å². The van der Waals surface area contributed by atoms with Crippen molar-refractivity contribution in [2.75, 3.05) is 13.1 Å². The lowest BCUT2D eigenvalue weighted by Gasteiger charge is -2.49. The predicted molar refractivity (Wildman–Crippen MR) is 80.9 cm³/mol. The van der Waals surface area contributed by atoms with Crippen LogP contribution >= 0.6 is 0 Å². The van der Waals surface area contributed by atoms with Crippen LogP contribution in [0.15, 0.2) is 0 Å². The quantitative estimate of drug-likeness (QED) is 0.731. The van der Waals surface area contributed by atoms with Crippen LogP contribution < -0.4 is 5.73 Å². The normalized spacial score (nSPS) is 24.6. The minimum absolute atomic E-state index is 0.0249. The summed E-state index contributed by atoms with van der Waals surface area (Å²) in [6, 6.07) is 0. The van der Waals surface area contributed by atoms with Crippen LogP contribution in [-0.2, 0) is 4.74 Å². The van der Waals surface area contributed by atoms with Gasteiger partial charge in [0.15, 0.2) is 0 Å². The summed E-state index contributed by atoms with van der Waals surface area (Å²) >= 11 is 0. The summed E-state index contributed by atoms with van der Waals surface area (Å²) in [7, 11) is 0. The summed E-state index contributed by atoms with van der Waals surface area (Å²) in [6.45, 7) is 6.53. The predicted octanol–water partition coefficient (Wildman–Crippen LogP) is 3.84. The van der Waals surface area contributed by atoms with Gasteiger partial charge in [0.25, 0.3) is 0 Å². The number of hydrogen-bond acceptors (Lipinski definition) is 3. The van der Waals surface area contributed by atoms with Crippen molar-refractivity contribution in [1.82, 2.24) is 4.90 Å². The van der Waals surface area contributed by atoms with Gasteiger partial charge in [-0.2, -0.15) is 13.2 Å². The smallest absolute Gasteiger partial charge is 0.410 e. The minimum Gasteiger partial charge on any atom is -0.444 e. The highest BCUT2D eigenvalue weighted by Crippen LogP contribution is 2.50.